The van der Waals surface area contributed by atoms with Crippen molar-refractivity contribution in [3.05, 3.63) is 34.6 Å². The van der Waals surface area contributed by atoms with Crippen LogP contribution in [-0.4, -0.2) is 58.2 Å². The van der Waals surface area contributed by atoms with E-state index in [1.807, 2.05) is 0 Å². The van der Waals surface area contributed by atoms with Gasteiger partial charge in [0.15, 0.2) is 0 Å². The second kappa shape index (κ2) is 7.80. The maximum atomic E-state index is 14.0. The summed E-state index contributed by atoms with van der Waals surface area (Å²) in [7, 11) is 1.50. The fourth-order valence-corrected chi connectivity index (χ4v) is 3.05. The minimum Gasteiger partial charge on any atom is -0.444 e. The highest BCUT2D eigenvalue weighted by atomic mass is 35.5. The van der Waals surface area contributed by atoms with Gasteiger partial charge in [0.05, 0.1) is 12.6 Å². The third kappa shape index (κ3) is 4.86. The quantitative estimate of drug-likeness (QED) is 0.867. The van der Waals surface area contributed by atoms with E-state index in [9.17, 15) is 19.1 Å². The zero-order chi connectivity index (χ0) is 19.6. The van der Waals surface area contributed by atoms with Crippen LogP contribution in [0, 0.1) is 5.82 Å². The fraction of sp³-hybridized carbons (Fsp3) is 0.556. The number of carbonyl (C=O) groups excluding carboxylic acids is 2. The maximum Gasteiger partial charge on any atom is 0.411 e. The molecule has 0 bridgehead atoms. The Bertz CT molecular complexity index is 672. The van der Waals surface area contributed by atoms with Crippen molar-refractivity contribution >= 4 is 23.6 Å². The molecule has 0 aromatic heterocycles. The summed E-state index contributed by atoms with van der Waals surface area (Å²) >= 11 is 6.01. The summed E-state index contributed by atoms with van der Waals surface area (Å²) < 4.78 is 19.3. The Morgan fingerprint density at radius 1 is 1.42 bits per heavy atom. The molecule has 1 fully saturated rings. The molecule has 1 N–H and O–H groups in total. The lowest BCUT2D eigenvalue weighted by Gasteiger charge is -2.30. The molecule has 1 aromatic rings. The summed E-state index contributed by atoms with van der Waals surface area (Å²) in [6, 6.07) is 3.44. The molecule has 0 unspecified atom stereocenters. The zero-order valence-corrected chi connectivity index (χ0v) is 16.1. The average Bonchev–Trinajstić information content (AvgIpc) is 2.90. The van der Waals surface area contributed by atoms with Crippen LogP contribution in [0.2, 0.25) is 5.02 Å². The van der Waals surface area contributed by atoms with E-state index in [2.05, 4.69) is 0 Å². The van der Waals surface area contributed by atoms with Gasteiger partial charge < -0.3 is 14.7 Å². The second-order valence-electron chi connectivity index (χ2n) is 7.43. The van der Waals surface area contributed by atoms with E-state index >= 15 is 0 Å². The minimum atomic E-state index is -0.865. The number of ether oxygens (including phenoxy) is 1. The molecule has 1 aromatic carbocycles. The molecule has 2 amide bonds. The summed E-state index contributed by atoms with van der Waals surface area (Å²) in [6.07, 6.45) is -1.38. The van der Waals surface area contributed by atoms with Gasteiger partial charge in [0, 0.05) is 30.6 Å². The predicted octanol–water partition coefficient (Wildman–Crippen LogP) is 2.81. The smallest absolute Gasteiger partial charge is 0.411 e. The lowest BCUT2D eigenvalue weighted by Crippen LogP contribution is -2.48. The highest BCUT2D eigenvalue weighted by molar-refractivity contribution is 6.31. The Morgan fingerprint density at radius 3 is 2.65 bits per heavy atom. The minimum absolute atomic E-state index is 0.0135. The van der Waals surface area contributed by atoms with Crippen molar-refractivity contribution in [2.75, 3.05) is 13.6 Å². The van der Waals surface area contributed by atoms with Crippen LogP contribution in [-0.2, 0) is 16.1 Å². The van der Waals surface area contributed by atoms with Crippen LogP contribution in [0.25, 0.3) is 0 Å². The number of hydrogen-bond acceptors (Lipinski definition) is 4. The van der Waals surface area contributed by atoms with Crippen molar-refractivity contribution in [1.29, 1.82) is 0 Å². The van der Waals surface area contributed by atoms with Crippen molar-refractivity contribution in [3.8, 4) is 0 Å². The number of β-amino-alcohol motifs (C(OH)–C–C–N with tert-alkyl or cyclic N) is 1. The summed E-state index contributed by atoms with van der Waals surface area (Å²) in [4.78, 5) is 27.7. The number of benzene rings is 1. The Morgan fingerprint density at radius 2 is 2.08 bits per heavy atom. The van der Waals surface area contributed by atoms with E-state index in [1.165, 1.54) is 29.0 Å². The van der Waals surface area contributed by atoms with Crippen molar-refractivity contribution in [2.24, 2.45) is 0 Å². The molecule has 6 nitrogen and oxygen atoms in total. The van der Waals surface area contributed by atoms with Crippen LogP contribution in [0.3, 0.4) is 0 Å². The van der Waals surface area contributed by atoms with Crippen molar-refractivity contribution < 1.29 is 23.8 Å². The van der Waals surface area contributed by atoms with Gasteiger partial charge in [-0.2, -0.15) is 0 Å². The number of nitrogens with zero attached hydrogens (tertiary/aromatic N) is 2. The van der Waals surface area contributed by atoms with Gasteiger partial charge in [-0.3, -0.25) is 9.69 Å². The standard InChI is InChI=1S/C18H24ClFN2O4/c1-18(2,3)26-17(25)22-9-11(23)8-15(22)16(24)21(4)10-12-13(19)6-5-7-14(12)20/h5-7,11,15,23H,8-10H2,1-4H3/t11-,15-/m0/s1. The number of carbonyl (C=O) groups is 2. The Balaban J connectivity index is 2.14. The predicted molar refractivity (Wildman–Crippen MR) is 95.2 cm³/mol. The first kappa shape index (κ1) is 20.5. The van der Waals surface area contributed by atoms with Gasteiger partial charge >= 0.3 is 6.09 Å². The zero-order valence-electron chi connectivity index (χ0n) is 15.3. The molecule has 0 saturated carbocycles. The molecule has 26 heavy (non-hydrogen) atoms. The maximum absolute atomic E-state index is 14.0. The van der Waals surface area contributed by atoms with Gasteiger partial charge in [0.25, 0.3) is 0 Å². The molecular formula is C18H24ClFN2O4. The van der Waals surface area contributed by atoms with E-state index in [1.54, 1.807) is 26.8 Å². The van der Waals surface area contributed by atoms with Crippen LogP contribution in [0.1, 0.15) is 32.8 Å². The molecule has 1 heterocycles. The van der Waals surface area contributed by atoms with Crippen LogP contribution in [0.15, 0.2) is 18.2 Å². The number of aliphatic hydroxyl groups excluding tert-OH is 1. The monoisotopic (exact) mass is 386 g/mol. The first-order valence-corrected chi connectivity index (χ1v) is 8.73. The molecule has 0 radical (unpaired) electrons. The number of rotatable bonds is 3. The highest BCUT2D eigenvalue weighted by Crippen LogP contribution is 2.25. The Labute approximate surface area is 157 Å². The van der Waals surface area contributed by atoms with Gasteiger partial charge in [0.2, 0.25) is 5.91 Å². The van der Waals surface area contributed by atoms with Crippen LogP contribution >= 0.6 is 11.6 Å². The molecule has 144 valence electrons. The van der Waals surface area contributed by atoms with E-state index in [0.717, 1.165) is 0 Å². The van der Waals surface area contributed by atoms with E-state index in [0.29, 0.717) is 0 Å². The van der Waals surface area contributed by atoms with E-state index in [4.69, 9.17) is 16.3 Å². The average molecular weight is 387 g/mol. The number of likely N-dealkylation sites (tertiary alicyclic amines) is 1. The molecule has 0 spiro atoms. The molecule has 0 aliphatic carbocycles. The molecule has 1 aliphatic rings. The SMILES string of the molecule is CN(Cc1c(F)cccc1Cl)C(=O)[C@@H]1C[C@H](O)CN1C(=O)OC(C)(C)C. The Kier molecular flexibility index (Phi) is 6.13. The van der Waals surface area contributed by atoms with Gasteiger partial charge in [0.1, 0.15) is 17.5 Å². The molecule has 2 atom stereocenters. The first-order chi connectivity index (χ1) is 12.0. The summed E-state index contributed by atoms with van der Waals surface area (Å²) in [5.41, 5.74) is -0.516. The van der Waals surface area contributed by atoms with Crippen molar-refractivity contribution in [3.63, 3.8) is 0 Å². The van der Waals surface area contributed by atoms with E-state index in [-0.39, 0.29) is 30.1 Å². The molecule has 2 rings (SSSR count). The molecule has 1 aliphatic heterocycles. The molecule has 1 saturated heterocycles. The number of hydrogen-bond donors (Lipinski definition) is 1. The topological polar surface area (TPSA) is 70.1 Å². The normalized spacial score (nSPS) is 20.2. The van der Waals surface area contributed by atoms with Crippen LogP contribution < -0.4 is 0 Å². The first-order valence-electron chi connectivity index (χ1n) is 8.35. The number of aliphatic hydroxyl groups is 1. The summed E-state index contributed by atoms with van der Waals surface area (Å²) in [5.74, 6) is -0.917. The summed E-state index contributed by atoms with van der Waals surface area (Å²) in [6.45, 7) is 5.14. The lowest BCUT2D eigenvalue weighted by molar-refractivity contribution is -0.135. The number of amides is 2. The van der Waals surface area contributed by atoms with Crippen LogP contribution in [0.5, 0.6) is 0 Å². The fourth-order valence-electron chi connectivity index (χ4n) is 2.82. The number of likely N-dealkylation sites (N-methyl/N-ethyl adjacent to an activating group) is 1. The van der Waals surface area contributed by atoms with Crippen molar-refractivity contribution in [1.82, 2.24) is 9.80 Å². The number of halogens is 2. The van der Waals surface area contributed by atoms with Crippen molar-refractivity contribution in [2.45, 2.75) is 51.5 Å². The second-order valence-corrected chi connectivity index (χ2v) is 7.84. The third-order valence-electron chi connectivity index (χ3n) is 4.03. The van der Waals surface area contributed by atoms with Gasteiger partial charge in [-0.25, -0.2) is 9.18 Å². The Hall–Kier alpha value is -1.86. The summed E-state index contributed by atoms with van der Waals surface area (Å²) in [5, 5.41) is 10.1. The van der Waals surface area contributed by atoms with Crippen LogP contribution in [0.4, 0.5) is 9.18 Å². The molecule has 8 heteroatoms. The highest BCUT2D eigenvalue weighted by Gasteiger charge is 2.42. The van der Waals surface area contributed by atoms with Gasteiger partial charge in [-0.05, 0) is 32.9 Å². The van der Waals surface area contributed by atoms with Gasteiger partial charge in [-0.1, -0.05) is 17.7 Å². The molecular weight excluding hydrogens is 363 g/mol. The van der Waals surface area contributed by atoms with Gasteiger partial charge in [-0.15, -0.1) is 0 Å². The van der Waals surface area contributed by atoms with E-state index < -0.39 is 35.6 Å². The largest absolute Gasteiger partial charge is 0.444 e. The lowest BCUT2D eigenvalue weighted by atomic mass is 10.1. The third-order valence-corrected chi connectivity index (χ3v) is 4.38.